The number of hydrogen-bond donors (Lipinski definition) is 5. The summed E-state index contributed by atoms with van der Waals surface area (Å²) in [5, 5.41) is 28.9. The Morgan fingerprint density at radius 2 is 2.10 bits per heavy atom. The number of ether oxygens (including phenoxy) is 1. The molecule has 1 aliphatic heterocycles. The number of anilines is 1. The van der Waals surface area contributed by atoms with Crippen molar-refractivity contribution in [2.45, 2.75) is 24.5 Å². The zero-order chi connectivity index (χ0) is 14.3. The first-order valence-corrected chi connectivity index (χ1v) is 5.94. The summed E-state index contributed by atoms with van der Waals surface area (Å²) in [5.74, 6) is 5.66. The van der Waals surface area contributed by atoms with Crippen LogP contribution in [0.4, 0.5) is 5.82 Å². The molecule has 0 aromatic carbocycles. The van der Waals surface area contributed by atoms with Crippen molar-refractivity contribution < 1.29 is 20.1 Å². The number of hydrazine groups is 1. The highest BCUT2D eigenvalue weighted by molar-refractivity contribution is 5.82. The van der Waals surface area contributed by atoms with E-state index in [1.807, 2.05) is 0 Å². The monoisotopic (exact) mass is 282 g/mol. The molecule has 0 saturated carbocycles. The van der Waals surface area contributed by atoms with Crippen molar-refractivity contribution in [3.8, 4) is 0 Å². The first-order chi connectivity index (χ1) is 9.67. The van der Waals surface area contributed by atoms with Gasteiger partial charge >= 0.3 is 0 Å². The molecule has 3 heterocycles. The fourth-order valence-electron chi connectivity index (χ4n) is 2.25. The van der Waals surface area contributed by atoms with E-state index in [1.165, 1.54) is 17.2 Å². The van der Waals surface area contributed by atoms with Crippen LogP contribution in [0.2, 0.25) is 0 Å². The van der Waals surface area contributed by atoms with Crippen LogP contribution < -0.4 is 11.3 Å². The molecule has 2 aromatic heterocycles. The number of imidazole rings is 1. The van der Waals surface area contributed by atoms with Gasteiger partial charge in [0.25, 0.3) is 0 Å². The predicted molar refractivity (Wildman–Crippen MR) is 66.1 cm³/mol. The van der Waals surface area contributed by atoms with E-state index in [9.17, 15) is 10.2 Å². The predicted octanol–water partition coefficient (Wildman–Crippen LogP) is -2.28. The lowest BCUT2D eigenvalue weighted by Crippen LogP contribution is -2.33. The van der Waals surface area contributed by atoms with E-state index in [2.05, 4.69) is 20.4 Å². The number of nitrogens with zero attached hydrogens (tertiary/aromatic N) is 4. The van der Waals surface area contributed by atoms with E-state index in [-0.39, 0.29) is 0 Å². The summed E-state index contributed by atoms with van der Waals surface area (Å²) in [4.78, 5) is 12.1. The van der Waals surface area contributed by atoms with Crippen molar-refractivity contribution in [1.82, 2.24) is 19.5 Å². The van der Waals surface area contributed by atoms with Crippen LogP contribution in [0.3, 0.4) is 0 Å². The number of rotatable bonds is 3. The Morgan fingerprint density at radius 1 is 1.30 bits per heavy atom. The summed E-state index contributed by atoms with van der Waals surface area (Å²) in [6.07, 6.45) is -1.45. The van der Waals surface area contributed by atoms with Gasteiger partial charge in [0.05, 0.1) is 12.9 Å². The number of fused-ring (bicyclic) bond motifs is 1. The first-order valence-electron chi connectivity index (χ1n) is 5.94. The second kappa shape index (κ2) is 4.92. The minimum atomic E-state index is -1.20. The van der Waals surface area contributed by atoms with E-state index < -0.39 is 31.1 Å². The minimum absolute atomic E-state index is 0.334. The molecule has 0 aliphatic carbocycles. The van der Waals surface area contributed by atoms with Crippen LogP contribution in [0.5, 0.6) is 0 Å². The quantitative estimate of drug-likeness (QED) is 0.310. The first kappa shape index (κ1) is 13.1. The standard InChI is InChI=1S/C10H14N6O4/c11-15-8-5-9(13-2-12-8)16(3-14-5)10-7(19)6(18)4(1-17)20-10/h2-4,6-7,10,17-19H,1,11H2,(H,12,13,15)/t4-,6+,7-,10-/m1/s1. The average Bonchev–Trinajstić information content (AvgIpc) is 3.01. The number of hydrogen-bond acceptors (Lipinski definition) is 9. The Morgan fingerprint density at radius 3 is 2.75 bits per heavy atom. The smallest absolute Gasteiger partial charge is 0.171 e. The molecule has 3 rings (SSSR count). The molecule has 1 saturated heterocycles. The average molecular weight is 282 g/mol. The van der Waals surface area contributed by atoms with Crippen LogP contribution in [0.15, 0.2) is 12.7 Å². The summed E-state index contributed by atoms with van der Waals surface area (Å²) in [7, 11) is 0. The van der Waals surface area contributed by atoms with Crippen LogP contribution in [-0.2, 0) is 4.74 Å². The molecule has 4 atom stereocenters. The van der Waals surface area contributed by atoms with Crippen LogP contribution in [0.25, 0.3) is 11.2 Å². The minimum Gasteiger partial charge on any atom is -0.394 e. The fourth-order valence-corrected chi connectivity index (χ4v) is 2.25. The van der Waals surface area contributed by atoms with Crippen molar-refractivity contribution in [3.63, 3.8) is 0 Å². The van der Waals surface area contributed by atoms with Gasteiger partial charge in [-0.1, -0.05) is 0 Å². The number of nitrogens with two attached hydrogens (primary N) is 1. The van der Waals surface area contributed by atoms with Gasteiger partial charge in [-0.25, -0.2) is 20.8 Å². The number of aliphatic hydroxyl groups is 3. The second-order valence-electron chi connectivity index (χ2n) is 4.42. The van der Waals surface area contributed by atoms with E-state index in [0.717, 1.165) is 0 Å². The molecule has 0 radical (unpaired) electrons. The third-order valence-electron chi connectivity index (χ3n) is 3.29. The van der Waals surface area contributed by atoms with Crippen molar-refractivity contribution in [1.29, 1.82) is 0 Å². The van der Waals surface area contributed by atoms with Gasteiger partial charge in [-0.3, -0.25) is 4.57 Å². The molecule has 20 heavy (non-hydrogen) atoms. The molecule has 2 aromatic rings. The molecule has 0 bridgehead atoms. The Labute approximate surface area is 112 Å². The molecule has 0 amide bonds. The second-order valence-corrected chi connectivity index (χ2v) is 4.42. The molecule has 1 fully saturated rings. The van der Waals surface area contributed by atoms with Crippen molar-refractivity contribution in [3.05, 3.63) is 12.7 Å². The normalized spacial score (nSPS) is 30.0. The topological polar surface area (TPSA) is 152 Å². The maximum atomic E-state index is 10.00. The zero-order valence-corrected chi connectivity index (χ0v) is 10.3. The zero-order valence-electron chi connectivity index (χ0n) is 10.3. The lowest BCUT2D eigenvalue weighted by atomic mass is 10.1. The number of nitrogen functional groups attached to an aromatic ring is 1. The fraction of sp³-hybridized carbons (Fsp3) is 0.500. The van der Waals surface area contributed by atoms with E-state index in [1.54, 1.807) is 0 Å². The third kappa shape index (κ3) is 1.82. The van der Waals surface area contributed by atoms with Crippen LogP contribution >= 0.6 is 0 Å². The molecule has 0 unspecified atom stereocenters. The number of nitrogens with one attached hydrogen (secondary N) is 1. The number of aromatic nitrogens is 4. The largest absolute Gasteiger partial charge is 0.394 e. The lowest BCUT2D eigenvalue weighted by Gasteiger charge is -2.16. The van der Waals surface area contributed by atoms with Gasteiger partial charge in [-0.15, -0.1) is 0 Å². The maximum Gasteiger partial charge on any atom is 0.171 e. The highest BCUT2D eigenvalue weighted by Crippen LogP contribution is 2.31. The van der Waals surface area contributed by atoms with Crippen molar-refractivity contribution in [2.24, 2.45) is 5.84 Å². The van der Waals surface area contributed by atoms with Crippen LogP contribution in [0.1, 0.15) is 6.23 Å². The summed E-state index contributed by atoms with van der Waals surface area (Å²) in [5.41, 5.74) is 3.20. The van der Waals surface area contributed by atoms with Gasteiger partial charge in [-0.05, 0) is 0 Å². The molecular formula is C10H14N6O4. The molecule has 108 valence electrons. The van der Waals surface area contributed by atoms with E-state index in [0.29, 0.717) is 17.0 Å². The lowest BCUT2D eigenvalue weighted by molar-refractivity contribution is -0.0511. The Hall–Kier alpha value is -1.85. The van der Waals surface area contributed by atoms with Gasteiger partial charge in [0.2, 0.25) is 0 Å². The highest BCUT2D eigenvalue weighted by Gasteiger charge is 2.43. The summed E-state index contributed by atoms with van der Waals surface area (Å²) < 4.78 is 6.88. The Bertz CT molecular complexity index is 619. The molecule has 6 N–H and O–H groups in total. The molecule has 0 spiro atoms. The van der Waals surface area contributed by atoms with Gasteiger partial charge in [0, 0.05) is 0 Å². The van der Waals surface area contributed by atoms with Gasteiger partial charge < -0.3 is 25.5 Å². The van der Waals surface area contributed by atoms with Crippen LogP contribution in [0, 0.1) is 0 Å². The SMILES string of the molecule is NNc1ncnc2c1ncn2[C@@H]1O[C@H](CO)[C@H](O)[C@H]1O. The summed E-state index contributed by atoms with van der Waals surface area (Å²) in [6.45, 7) is -0.397. The summed E-state index contributed by atoms with van der Waals surface area (Å²) in [6, 6.07) is 0. The maximum absolute atomic E-state index is 10.00. The molecule has 1 aliphatic rings. The number of aliphatic hydroxyl groups excluding tert-OH is 3. The van der Waals surface area contributed by atoms with Gasteiger partial charge in [0.15, 0.2) is 23.2 Å². The molecule has 10 nitrogen and oxygen atoms in total. The van der Waals surface area contributed by atoms with Gasteiger partial charge in [-0.2, -0.15) is 0 Å². The Kier molecular flexibility index (Phi) is 3.23. The van der Waals surface area contributed by atoms with Gasteiger partial charge in [0.1, 0.15) is 24.6 Å². The van der Waals surface area contributed by atoms with E-state index in [4.69, 9.17) is 15.7 Å². The summed E-state index contributed by atoms with van der Waals surface area (Å²) >= 11 is 0. The molecular weight excluding hydrogens is 268 g/mol. The Balaban J connectivity index is 2.03. The van der Waals surface area contributed by atoms with Crippen molar-refractivity contribution >= 4 is 17.0 Å². The molecule has 10 heteroatoms. The van der Waals surface area contributed by atoms with E-state index >= 15 is 0 Å². The van der Waals surface area contributed by atoms with Crippen LogP contribution in [-0.4, -0.2) is 59.8 Å². The highest BCUT2D eigenvalue weighted by atomic mass is 16.6. The van der Waals surface area contributed by atoms with Crippen molar-refractivity contribution in [2.75, 3.05) is 12.0 Å². The third-order valence-corrected chi connectivity index (χ3v) is 3.29.